The first-order valence-electron chi connectivity index (χ1n) is 8.07. The highest BCUT2D eigenvalue weighted by Crippen LogP contribution is 2.22. The molecule has 1 unspecified atom stereocenters. The number of hydrogen-bond donors (Lipinski definition) is 4. The Morgan fingerprint density at radius 3 is 3.08 bits per heavy atom. The number of anilines is 1. The predicted molar refractivity (Wildman–Crippen MR) is 90.7 cm³/mol. The van der Waals surface area contributed by atoms with Crippen LogP contribution in [-0.2, 0) is 4.74 Å². The number of nitrogens with zero attached hydrogens (tertiary/aromatic N) is 3. The Morgan fingerprint density at radius 2 is 2.32 bits per heavy atom. The summed E-state index contributed by atoms with van der Waals surface area (Å²) in [5.41, 5.74) is 0.703. The maximum Gasteiger partial charge on any atom is 0.320 e. The first kappa shape index (κ1) is 17.4. The Morgan fingerprint density at radius 1 is 1.52 bits per heavy atom. The molecule has 0 spiro atoms. The normalized spacial score (nSPS) is 16.6. The van der Waals surface area contributed by atoms with Gasteiger partial charge in [-0.1, -0.05) is 0 Å². The Kier molecular flexibility index (Phi) is 5.64. The van der Waals surface area contributed by atoms with Crippen LogP contribution in [0.2, 0.25) is 0 Å². The molecule has 2 aromatic heterocycles. The lowest BCUT2D eigenvalue weighted by Gasteiger charge is -2.28. The molecule has 1 aliphatic heterocycles. The lowest BCUT2D eigenvalue weighted by molar-refractivity contribution is 0.0154. The minimum absolute atomic E-state index is 0.156. The molecule has 1 aliphatic rings. The molecule has 10 heteroatoms. The zero-order chi connectivity index (χ0) is 17.6. The number of β-amino-alcohol motifs (C(OH)–C–C–N with tert-alkyl or cyclic N) is 1. The largest absolute Gasteiger partial charge is 0.479 e. The number of urea groups is 1. The average Bonchev–Trinajstić information content (AvgIpc) is 3.03. The van der Waals surface area contributed by atoms with Crippen molar-refractivity contribution in [1.82, 2.24) is 25.4 Å². The van der Waals surface area contributed by atoms with Crippen LogP contribution in [0.3, 0.4) is 0 Å². The van der Waals surface area contributed by atoms with Crippen molar-refractivity contribution in [3.8, 4) is 5.88 Å². The van der Waals surface area contributed by atoms with Gasteiger partial charge in [0.15, 0.2) is 0 Å². The average molecular weight is 350 g/mol. The number of methoxy groups -OCH3 is 1. The summed E-state index contributed by atoms with van der Waals surface area (Å²) in [5, 5.41) is 22.8. The quantitative estimate of drug-likeness (QED) is 0.568. The van der Waals surface area contributed by atoms with E-state index in [9.17, 15) is 9.90 Å². The van der Waals surface area contributed by atoms with Gasteiger partial charge in [-0.3, -0.25) is 15.3 Å². The lowest BCUT2D eigenvalue weighted by Crippen LogP contribution is -2.45. The summed E-state index contributed by atoms with van der Waals surface area (Å²) < 4.78 is 10.4. The molecule has 0 bridgehead atoms. The summed E-state index contributed by atoms with van der Waals surface area (Å²) in [7, 11) is 1.53. The van der Waals surface area contributed by atoms with Gasteiger partial charge < -0.3 is 19.9 Å². The fraction of sp³-hybridized carbons (Fsp3) is 0.533. The summed E-state index contributed by atoms with van der Waals surface area (Å²) in [6.45, 7) is 3.59. The van der Waals surface area contributed by atoms with Crippen LogP contribution in [0.1, 0.15) is 0 Å². The van der Waals surface area contributed by atoms with Crippen LogP contribution in [0.5, 0.6) is 5.88 Å². The molecule has 2 amide bonds. The fourth-order valence-corrected chi connectivity index (χ4v) is 2.63. The minimum Gasteiger partial charge on any atom is -0.479 e. The molecule has 0 aromatic carbocycles. The molecule has 1 atom stereocenters. The van der Waals surface area contributed by atoms with Gasteiger partial charge in [-0.05, 0) is 0 Å². The molecule has 10 nitrogen and oxygen atoms in total. The van der Waals surface area contributed by atoms with Gasteiger partial charge in [0, 0.05) is 38.4 Å². The van der Waals surface area contributed by atoms with Crippen molar-refractivity contribution in [2.45, 2.75) is 6.10 Å². The van der Waals surface area contributed by atoms with Crippen LogP contribution < -0.4 is 15.4 Å². The highest BCUT2D eigenvalue weighted by atomic mass is 16.5. The van der Waals surface area contributed by atoms with Crippen molar-refractivity contribution >= 4 is 22.8 Å². The third-order valence-corrected chi connectivity index (χ3v) is 3.92. The topological polar surface area (TPSA) is 125 Å². The van der Waals surface area contributed by atoms with E-state index in [0.717, 1.165) is 18.5 Å². The van der Waals surface area contributed by atoms with E-state index in [1.54, 1.807) is 12.3 Å². The van der Waals surface area contributed by atoms with Crippen molar-refractivity contribution < 1.29 is 19.4 Å². The summed E-state index contributed by atoms with van der Waals surface area (Å²) in [5.74, 6) is 0.823. The lowest BCUT2D eigenvalue weighted by atomic mass is 10.3. The van der Waals surface area contributed by atoms with Crippen molar-refractivity contribution in [2.24, 2.45) is 0 Å². The number of carbonyl (C=O) groups excluding carboxylic acids is 1. The summed E-state index contributed by atoms with van der Waals surface area (Å²) in [6, 6.07) is 1.23. The second kappa shape index (κ2) is 8.10. The maximum absolute atomic E-state index is 11.9. The Hall–Kier alpha value is -2.43. The van der Waals surface area contributed by atoms with Gasteiger partial charge in [0.25, 0.3) is 0 Å². The second-order valence-electron chi connectivity index (χ2n) is 5.75. The number of aliphatic hydroxyl groups is 1. The predicted octanol–water partition coefficient (Wildman–Crippen LogP) is -0.219. The van der Waals surface area contributed by atoms with E-state index in [4.69, 9.17) is 9.47 Å². The first-order valence-corrected chi connectivity index (χ1v) is 8.07. The molecular weight excluding hydrogens is 328 g/mol. The molecule has 0 saturated carbocycles. The molecule has 1 fully saturated rings. The van der Waals surface area contributed by atoms with E-state index in [2.05, 4.69) is 30.7 Å². The van der Waals surface area contributed by atoms with Crippen molar-refractivity contribution in [2.75, 3.05) is 51.8 Å². The number of hydrogen-bond acceptors (Lipinski definition) is 7. The monoisotopic (exact) mass is 350 g/mol. The number of amides is 2. The van der Waals surface area contributed by atoms with Crippen LogP contribution in [0.4, 0.5) is 10.6 Å². The molecule has 0 radical (unpaired) electrons. The van der Waals surface area contributed by atoms with Crippen LogP contribution in [-0.4, -0.2) is 83.8 Å². The summed E-state index contributed by atoms with van der Waals surface area (Å²) in [4.78, 5) is 18.2. The first-order chi connectivity index (χ1) is 12.2. The third-order valence-electron chi connectivity index (χ3n) is 3.92. The van der Waals surface area contributed by atoms with E-state index in [-0.39, 0.29) is 6.54 Å². The van der Waals surface area contributed by atoms with Gasteiger partial charge >= 0.3 is 6.03 Å². The van der Waals surface area contributed by atoms with Crippen LogP contribution in [0.25, 0.3) is 10.9 Å². The number of aliphatic hydroxyl groups excluding tert-OH is 1. The van der Waals surface area contributed by atoms with E-state index in [1.807, 2.05) is 0 Å². The standard InChI is InChI=1S/C15H22N6O4/c1-24-14-11-8-16-13(6-12(11)19-20-14)18-15(23)17-7-10(22)9-21-2-4-25-5-3-21/h6,8,10,22H,2-5,7,9H2,1H3,(H,19,20)(H2,16,17,18,23). The number of pyridine rings is 1. The summed E-state index contributed by atoms with van der Waals surface area (Å²) >= 11 is 0. The van der Waals surface area contributed by atoms with E-state index < -0.39 is 12.1 Å². The smallest absolute Gasteiger partial charge is 0.320 e. The number of ether oxygens (including phenoxy) is 2. The number of carbonyl (C=O) groups is 1. The number of rotatable bonds is 6. The minimum atomic E-state index is -0.642. The molecule has 4 N–H and O–H groups in total. The number of H-pyrrole nitrogens is 1. The molecule has 0 aliphatic carbocycles. The molecule has 2 aromatic rings. The number of morpholine rings is 1. The maximum atomic E-state index is 11.9. The SMILES string of the molecule is COc1n[nH]c2cc(NC(=O)NCC(O)CN3CCOCC3)ncc12. The van der Waals surface area contributed by atoms with Gasteiger partial charge in [0.1, 0.15) is 5.82 Å². The highest BCUT2D eigenvalue weighted by molar-refractivity contribution is 5.91. The number of aromatic amines is 1. The molecule has 25 heavy (non-hydrogen) atoms. The number of nitrogens with one attached hydrogen (secondary N) is 3. The van der Waals surface area contributed by atoms with Gasteiger partial charge in [-0.15, -0.1) is 5.10 Å². The van der Waals surface area contributed by atoms with Gasteiger partial charge in [0.2, 0.25) is 5.88 Å². The van der Waals surface area contributed by atoms with Gasteiger partial charge in [-0.25, -0.2) is 9.78 Å². The molecule has 136 valence electrons. The van der Waals surface area contributed by atoms with Crippen LogP contribution >= 0.6 is 0 Å². The van der Waals surface area contributed by atoms with Crippen LogP contribution in [0.15, 0.2) is 12.3 Å². The summed E-state index contributed by atoms with van der Waals surface area (Å²) in [6.07, 6.45) is 0.928. The van der Waals surface area contributed by atoms with E-state index in [1.165, 1.54) is 7.11 Å². The third kappa shape index (κ3) is 4.56. The highest BCUT2D eigenvalue weighted by Gasteiger charge is 2.16. The van der Waals surface area contributed by atoms with Gasteiger partial charge in [-0.2, -0.15) is 0 Å². The number of fused-ring (bicyclic) bond motifs is 1. The Balaban J connectivity index is 1.47. The molecule has 3 rings (SSSR count). The van der Waals surface area contributed by atoms with E-state index in [0.29, 0.717) is 37.0 Å². The number of aromatic nitrogens is 3. The van der Waals surface area contributed by atoms with Gasteiger partial charge in [0.05, 0.1) is 37.3 Å². The van der Waals surface area contributed by atoms with Crippen molar-refractivity contribution in [1.29, 1.82) is 0 Å². The van der Waals surface area contributed by atoms with Crippen molar-refractivity contribution in [3.05, 3.63) is 12.3 Å². The Bertz CT molecular complexity index is 715. The van der Waals surface area contributed by atoms with Crippen molar-refractivity contribution in [3.63, 3.8) is 0 Å². The second-order valence-corrected chi connectivity index (χ2v) is 5.75. The molecule has 3 heterocycles. The zero-order valence-electron chi connectivity index (χ0n) is 14.0. The zero-order valence-corrected chi connectivity index (χ0v) is 14.0. The Labute approximate surface area is 144 Å². The fourth-order valence-electron chi connectivity index (χ4n) is 2.63. The van der Waals surface area contributed by atoms with Crippen LogP contribution in [0, 0.1) is 0 Å². The molecule has 1 saturated heterocycles. The molecular formula is C15H22N6O4. The van der Waals surface area contributed by atoms with E-state index >= 15 is 0 Å².